The molecule has 2 aliphatic rings. The lowest BCUT2D eigenvalue weighted by atomic mass is 10.1. The van der Waals surface area contributed by atoms with Crippen LogP contribution in [0.3, 0.4) is 0 Å². The van der Waals surface area contributed by atoms with Crippen LogP contribution in [0.1, 0.15) is 12.8 Å². The molecule has 6 rings (SSSR count). The van der Waals surface area contributed by atoms with Gasteiger partial charge in [-0.25, -0.2) is 9.66 Å². The first kappa shape index (κ1) is 22.4. The first-order valence-electron chi connectivity index (χ1n) is 12.3. The van der Waals surface area contributed by atoms with Crippen molar-refractivity contribution in [1.82, 2.24) is 24.9 Å². The van der Waals surface area contributed by atoms with Crippen molar-refractivity contribution in [2.75, 3.05) is 56.6 Å². The van der Waals surface area contributed by atoms with Crippen molar-refractivity contribution >= 4 is 39.2 Å². The number of likely N-dealkylation sites (N-methyl/N-ethyl adjacent to an activating group) is 1. The predicted octanol–water partition coefficient (Wildman–Crippen LogP) is 3.25. The average Bonchev–Trinajstić information content (AvgIpc) is 3.53. The summed E-state index contributed by atoms with van der Waals surface area (Å²) >= 11 is 6.31. The largest absolute Gasteiger partial charge is 0.369 e. The zero-order valence-electron chi connectivity index (χ0n) is 19.9. The van der Waals surface area contributed by atoms with Gasteiger partial charge in [0.2, 0.25) is 0 Å². The maximum Gasteiger partial charge on any atom is 0.280 e. The lowest BCUT2D eigenvalue weighted by molar-refractivity contribution is 0.313. The Bertz CT molecular complexity index is 1430. The van der Waals surface area contributed by atoms with Crippen LogP contribution in [-0.2, 0) is 0 Å². The number of benzene rings is 2. The Labute approximate surface area is 208 Å². The second kappa shape index (κ2) is 9.18. The van der Waals surface area contributed by atoms with Crippen LogP contribution in [0.5, 0.6) is 0 Å². The number of imidazole rings is 1. The minimum atomic E-state index is -0.129. The number of anilines is 1. The molecule has 2 saturated heterocycles. The number of H-pyrrole nitrogens is 1. The van der Waals surface area contributed by atoms with Gasteiger partial charge >= 0.3 is 0 Å². The number of nitrogens with zero attached hydrogens (tertiary/aromatic N) is 4. The summed E-state index contributed by atoms with van der Waals surface area (Å²) in [6.07, 6.45) is 2.26. The van der Waals surface area contributed by atoms with Gasteiger partial charge in [0, 0.05) is 54.9 Å². The molecule has 1 atom stereocenters. The molecule has 0 bridgehead atoms. The van der Waals surface area contributed by atoms with Gasteiger partial charge in [-0.2, -0.15) is 0 Å². The highest BCUT2D eigenvalue weighted by Gasteiger charge is 2.19. The summed E-state index contributed by atoms with van der Waals surface area (Å²) in [6.45, 7) is 5.79. The summed E-state index contributed by atoms with van der Waals surface area (Å²) in [6, 6.07) is 14.1. The Balaban J connectivity index is 1.39. The summed E-state index contributed by atoms with van der Waals surface area (Å²) in [7, 11) is 2.16. The fourth-order valence-electron chi connectivity index (χ4n) is 5.13. The number of pyridine rings is 1. The quantitative estimate of drug-likeness (QED) is 0.397. The van der Waals surface area contributed by atoms with Crippen LogP contribution in [0.25, 0.3) is 33.3 Å². The van der Waals surface area contributed by atoms with Crippen molar-refractivity contribution in [3.05, 3.63) is 57.8 Å². The van der Waals surface area contributed by atoms with E-state index in [2.05, 4.69) is 50.8 Å². The van der Waals surface area contributed by atoms with Gasteiger partial charge in [-0.05, 0) is 68.9 Å². The van der Waals surface area contributed by atoms with E-state index in [1.807, 2.05) is 24.3 Å². The summed E-state index contributed by atoms with van der Waals surface area (Å²) < 4.78 is 1.64. The third-order valence-electron chi connectivity index (χ3n) is 7.21. The van der Waals surface area contributed by atoms with Crippen molar-refractivity contribution in [2.45, 2.75) is 18.9 Å². The lowest BCUT2D eigenvalue weighted by Crippen LogP contribution is -2.44. The fourth-order valence-corrected chi connectivity index (χ4v) is 5.31. The molecule has 2 aromatic heterocycles. The highest BCUT2D eigenvalue weighted by molar-refractivity contribution is 6.31. The Kier molecular flexibility index (Phi) is 5.88. The minimum absolute atomic E-state index is 0.129. The monoisotopic (exact) mass is 491 g/mol. The number of aromatic nitrogens is 3. The highest BCUT2D eigenvalue weighted by atomic mass is 35.5. The Morgan fingerprint density at radius 1 is 1.11 bits per heavy atom. The van der Waals surface area contributed by atoms with E-state index in [4.69, 9.17) is 16.6 Å². The van der Waals surface area contributed by atoms with Crippen LogP contribution < -0.4 is 21.2 Å². The van der Waals surface area contributed by atoms with Crippen molar-refractivity contribution in [3.63, 3.8) is 0 Å². The fraction of sp³-hybridized carbons (Fsp3) is 0.385. The van der Waals surface area contributed by atoms with Crippen molar-refractivity contribution in [1.29, 1.82) is 0 Å². The third-order valence-corrected chi connectivity index (χ3v) is 7.45. The molecule has 0 aliphatic carbocycles. The first-order chi connectivity index (χ1) is 17.0. The van der Waals surface area contributed by atoms with E-state index in [1.165, 1.54) is 0 Å². The number of aromatic amines is 1. The zero-order valence-corrected chi connectivity index (χ0v) is 20.6. The zero-order chi connectivity index (χ0) is 23.9. The van der Waals surface area contributed by atoms with Gasteiger partial charge in [-0.1, -0.05) is 11.6 Å². The van der Waals surface area contributed by atoms with Gasteiger partial charge in [0.05, 0.1) is 22.1 Å². The molecule has 182 valence electrons. The van der Waals surface area contributed by atoms with E-state index < -0.39 is 0 Å². The van der Waals surface area contributed by atoms with Crippen LogP contribution in [0.2, 0.25) is 5.02 Å². The molecule has 4 aromatic rings. The second-order valence-corrected chi connectivity index (χ2v) is 10.1. The van der Waals surface area contributed by atoms with E-state index in [0.29, 0.717) is 29.0 Å². The molecular weight excluding hydrogens is 462 g/mol. The SMILES string of the molecule is CN1CCN(c2ccc3[nH]c(-c4cc5cc(Cl)ccc5n(NC[C@H]5CCCN5)c4=O)nc3c2)CC1. The van der Waals surface area contributed by atoms with Crippen molar-refractivity contribution in [2.24, 2.45) is 0 Å². The molecule has 0 spiro atoms. The number of piperazine rings is 1. The van der Waals surface area contributed by atoms with Crippen molar-refractivity contribution in [3.8, 4) is 11.4 Å². The predicted molar refractivity (Wildman–Crippen MR) is 143 cm³/mol. The van der Waals surface area contributed by atoms with E-state index in [1.54, 1.807) is 4.68 Å². The van der Waals surface area contributed by atoms with Crippen LogP contribution in [0, 0.1) is 0 Å². The first-order valence-corrected chi connectivity index (χ1v) is 12.7. The van der Waals surface area contributed by atoms with E-state index >= 15 is 0 Å². The van der Waals surface area contributed by atoms with Crippen molar-refractivity contribution < 1.29 is 0 Å². The summed E-state index contributed by atoms with van der Waals surface area (Å²) in [4.78, 5) is 26.6. The van der Waals surface area contributed by atoms with E-state index in [0.717, 1.165) is 73.2 Å². The topological polar surface area (TPSA) is 81.2 Å². The van der Waals surface area contributed by atoms with Gasteiger partial charge < -0.3 is 25.5 Å². The van der Waals surface area contributed by atoms with Gasteiger partial charge in [-0.3, -0.25) is 4.79 Å². The summed E-state index contributed by atoms with van der Waals surface area (Å²) in [5, 5.41) is 5.00. The number of rotatable bonds is 5. The smallest absolute Gasteiger partial charge is 0.280 e. The molecule has 2 aromatic carbocycles. The molecule has 9 heteroatoms. The number of halogens is 1. The van der Waals surface area contributed by atoms with Gasteiger partial charge in [0.25, 0.3) is 5.56 Å². The second-order valence-electron chi connectivity index (χ2n) is 9.63. The molecule has 0 radical (unpaired) electrons. The number of hydrogen-bond donors (Lipinski definition) is 3. The maximum atomic E-state index is 13.7. The minimum Gasteiger partial charge on any atom is -0.369 e. The molecule has 0 saturated carbocycles. The van der Waals surface area contributed by atoms with Gasteiger partial charge in [0.15, 0.2) is 0 Å². The molecule has 3 N–H and O–H groups in total. The summed E-state index contributed by atoms with van der Waals surface area (Å²) in [5.74, 6) is 0.567. The average molecular weight is 492 g/mol. The van der Waals surface area contributed by atoms with Crippen LogP contribution in [0.4, 0.5) is 5.69 Å². The summed E-state index contributed by atoms with van der Waals surface area (Å²) in [5.41, 5.74) is 7.49. The number of hydrogen-bond acceptors (Lipinski definition) is 6. The normalized spacial score (nSPS) is 19.1. The number of nitrogens with one attached hydrogen (secondary N) is 3. The van der Waals surface area contributed by atoms with E-state index in [-0.39, 0.29) is 5.56 Å². The maximum absolute atomic E-state index is 13.7. The molecule has 35 heavy (non-hydrogen) atoms. The highest BCUT2D eigenvalue weighted by Crippen LogP contribution is 2.26. The van der Waals surface area contributed by atoms with Gasteiger partial charge in [-0.15, -0.1) is 0 Å². The Morgan fingerprint density at radius 2 is 1.97 bits per heavy atom. The van der Waals surface area contributed by atoms with E-state index in [9.17, 15) is 4.79 Å². The third kappa shape index (κ3) is 4.37. The standard InChI is InChI=1S/C26H30ClN7O/c1-32-9-11-33(12-10-32)20-5-6-22-23(15-20)31-25(30-22)21-14-17-13-18(27)4-7-24(17)34(26(21)35)29-16-19-3-2-8-28-19/h4-7,13-15,19,28-29H,2-3,8-12,16H2,1H3,(H,30,31)/t19-/m1/s1. The Hall–Kier alpha value is -3.07. The molecule has 0 unspecified atom stereocenters. The number of fused-ring (bicyclic) bond motifs is 2. The van der Waals surface area contributed by atoms with Crippen LogP contribution in [0.15, 0.2) is 47.3 Å². The van der Waals surface area contributed by atoms with Crippen LogP contribution in [-0.4, -0.2) is 71.9 Å². The Morgan fingerprint density at radius 3 is 2.77 bits per heavy atom. The molecule has 8 nitrogen and oxygen atoms in total. The van der Waals surface area contributed by atoms with Gasteiger partial charge in [0.1, 0.15) is 5.82 Å². The molecule has 2 fully saturated rings. The van der Waals surface area contributed by atoms with Crippen LogP contribution >= 0.6 is 11.6 Å². The molecule has 4 heterocycles. The molecule has 0 amide bonds. The molecular formula is C26H30ClN7O. The lowest BCUT2D eigenvalue weighted by Gasteiger charge is -2.34. The molecule has 2 aliphatic heterocycles.